The number of hydrogen-bond donors (Lipinski definition) is 0. The highest BCUT2D eigenvalue weighted by Crippen LogP contribution is 2.62. The van der Waals surface area contributed by atoms with Crippen molar-refractivity contribution in [1.82, 2.24) is 0 Å². The van der Waals surface area contributed by atoms with Crippen LogP contribution in [0.25, 0.3) is 5.03 Å². The van der Waals surface area contributed by atoms with E-state index in [4.69, 9.17) is 37.4 Å². The van der Waals surface area contributed by atoms with Gasteiger partial charge in [-0.2, -0.15) is 0 Å². The molecule has 5 nitrogen and oxygen atoms in total. The van der Waals surface area contributed by atoms with E-state index in [1.54, 1.807) is 38.4 Å². The van der Waals surface area contributed by atoms with Crippen LogP contribution in [0.5, 0.6) is 17.2 Å². The van der Waals surface area contributed by atoms with Crippen molar-refractivity contribution in [2.24, 2.45) is 0 Å². The molecule has 0 N–H and O–H groups in total. The number of likely N-dealkylation sites (N-methyl/N-ethyl adjacent to an activating group) is 1. The number of anilines is 1. The van der Waals surface area contributed by atoms with Gasteiger partial charge in [-0.05, 0) is 30.7 Å². The third-order valence-corrected chi connectivity index (χ3v) is 7.59. The molecule has 1 amide bonds. The Hall–Kier alpha value is -2.28. The number of thioether (sulfide) groups is 1. The van der Waals surface area contributed by atoms with Gasteiger partial charge in [0.2, 0.25) is 5.75 Å². The number of hydrogen-bond acceptors (Lipinski definition) is 5. The largest absolute Gasteiger partial charge is 0.493 e. The van der Waals surface area contributed by atoms with E-state index in [1.807, 2.05) is 37.3 Å². The van der Waals surface area contributed by atoms with Gasteiger partial charge in [0, 0.05) is 22.5 Å². The molecule has 2 aliphatic rings. The van der Waals surface area contributed by atoms with Gasteiger partial charge in [-0.3, -0.25) is 4.79 Å². The van der Waals surface area contributed by atoms with E-state index >= 15 is 0 Å². The minimum Gasteiger partial charge on any atom is -0.493 e. The highest BCUT2D eigenvalue weighted by molar-refractivity contribution is 8.05. The second-order valence-corrected chi connectivity index (χ2v) is 9.05. The molecule has 0 fully saturated rings. The summed E-state index contributed by atoms with van der Waals surface area (Å²) in [6.07, 6.45) is 3.77. The molecule has 8 heteroatoms. The summed E-state index contributed by atoms with van der Waals surface area (Å²) in [7, 11) is 4.67. The number of carbonyl (C=O) groups is 1. The van der Waals surface area contributed by atoms with Gasteiger partial charge >= 0.3 is 0 Å². The van der Waals surface area contributed by atoms with Crippen LogP contribution in [0, 0.1) is 0 Å². The fourth-order valence-electron chi connectivity index (χ4n) is 3.99. The summed E-state index contributed by atoms with van der Waals surface area (Å²) in [5.41, 5.74) is 2.30. The Morgan fingerprint density at radius 1 is 1.10 bits per heavy atom. The molecule has 2 aromatic carbocycles. The Kier molecular flexibility index (Phi) is 5.90. The van der Waals surface area contributed by atoms with Crippen molar-refractivity contribution in [3.63, 3.8) is 0 Å². The molecule has 1 unspecified atom stereocenters. The van der Waals surface area contributed by atoms with E-state index in [9.17, 15) is 4.79 Å². The molecule has 0 aliphatic carbocycles. The Morgan fingerprint density at radius 3 is 2.35 bits per heavy atom. The number of halogens is 2. The third-order valence-electron chi connectivity index (χ3n) is 5.40. The Balaban J connectivity index is 1.90. The minimum atomic E-state index is -1.00. The summed E-state index contributed by atoms with van der Waals surface area (Å²) in [4.78, 5) is 16.2. The normalized spacial score (nSPS) is 21.0. The number of benzene rings is 2. The SMILES string of the molecule is CCN1C(=O)C2(C=C/C(=C(/Cl)c3ccc(Cl)cc3)S2)c2c1cc(OC)c(OC)c2OC. The van der Waals surface area contributed by atoms with Gasteiger partial charge in [0.15, 0.2) is 11.5 Å². The molecular weight excluding hydrogens is 457 g/mol. The highest BCUT2D eigenvalue weighted by Gasteiger charge is 2.55. The molecule has 4 rings (SSSR count). The van der Waals surface area contributed by atoms with Crippen LogP contribution in [0.2, 0.25) is 5.02 Å². The maximum atomic E-state index is 13.7. The van der Waals surface area contributed by atoms with Crippen molar-refractivity contribution in [2.45, 2.75) is 11.7 Å². The number of allylic oxidation sites excluding steroid dienone is 1. The van der Waals surface area contributed by atoms with Crippen LogP contribution in [0.4, 0.5) is 5.69 Å². The van der Waals surface area contributed by atoms with Crippen LogP contribution in [0.3, 0.4) is 0 Å². The van der Waals surface area contributed by atoms with Crippen LogP contribution < -0.4 is 19.1 Å². The molecule has 31 heavy (non-hydrogen) atoms. The van der Waals surface area contributed by atoms with Crippen LogP contribution in [0.15, 0.2) is 47.4 Å². The first kappa shape index (κ1) is 21.9. The lowest BCUT2D eigenvalue weighted by Crippen LogP contribution is -2.35. The average molecular weight is 478 g/mol. The summed E-state index contributed by atoms with van der Waals surface area (Å²) < 4.78 is 15.8. The molecule has 2 aliphatic heterocycles. The Bertz CT molecular complexity index is 1110. The fraction of sp³-hybridized carbons (Fsp3) is 0.261. The minimum absolute atomic E-state index is 0.0598. The van der Waals surface area contributed by atoms with Gasteiger partial charge in [-0.15, -0.1) is 0 Å². The molecule has 0 bridgehead atoms. The second kappa shape index (κ2) is 8.34. The molecule has 0 radical (unpaired) electrons. The van der Waals surface area contributed by atoms with Crippen molar-refractivity contribution in [2.75, 3.05) is 32.8 Å². The summed E-state index contributed by atoms with van der Waals surface area (Å²) >= 11 is 14.1. The van der Waals surface area contributed by atoms with Crippen molar-refractivity contribution in [3.05, 3.63) is 63.5 Å². The van der Waals surface area contributed by atoms with Gasteiger partial charge in [-0.1, -0.05) is 53.2 Å². The van der Waals surface area contributed by atoms with Gasteiger partial charge in [-0.25, -0.2) is 0 Å². The first-order valence-electron chi connectivity index (χ1n) is 9.61. The van der Waals surface area contributed by atoms with Crippen molar-refractivity contribution < 1.29 is 19.0 Å². The fourth-order valence-corrected chi connectivity index (χ4v) is 5.74. The summed E-state index contributed by atoms with van der Waals surface area (Å²) in [6.45, 7) is 2.44. The second-order valence-electron chi connectivity index (χ2n) is 6.95. The number of ether oxygens (including phenoxy) is 3. The first-order chi connectivity index (χ1) is 14.9. The van der Waals surface area contributed by atoms with Gasteiger partial charge in [0.05, 0.1) is 37.6 Å². The van der Waals surface area contributed by atoms with Crippen LogP contribution in [-0.2, 0) is 9.54 Å². The number of carbonyl (C=O) groups excluding carboxylic acids is 1. The quantitative estimate of drug-likeness (QED) is 0.541. The first-order valence-corrected chi connectivity index (χ1v) is 11.2. The highest BCUT2D eigenvalue weighted by atomic mass is 35.5. The summed E-state index contributed by atoms with van der Waals surface area (Å²) in [6, 6.07) is 9.11. The lowest BCUT2D eigenvalue weighted by molar-refractivity contribution is -0.119. The van der Waals surface area contributed by atoms with Crippen molar-refractivity contribution in [1.29, 1.82) is 0 Å². The molecule has 1 spiro atoms. The number of nitrogens with zero attached hydrogens (tertiary/aromatic N) is 1. The van der Waals surface area contributed by atoms with Gasteiger partial charge < -0.3 is 19.1 Å². The number of rotatable bonds is 5. The van der Waals surface area contributed by atoms with Crippen LogP contribution >= 0.6 is 35.0 Å². The smallest absolute Gasteiger partial charge is 0.252 e. The van der Waals surface area contributed by atoms with E-state index in [0.717, 1.165) is 21.7 Å². The molecule has 162 valence electrons. The maximum Gasteiger partial charge on any atom is 0.252 e. The van der Waals surface area contributed by atoms with Crippen LogP contribution in [0.1, 0.15) is 18.1 Å². The topological polar surface area (TPSA) is 48.0 Å². The van der Waals surface area contributed by atoms with Crippen molar-refractivity contribution >= 4 is 51.6 Å². The molecule has 1 atom stereocenters. The monoisotopic (exact) mass is 477 g/mol. The van der Waals surface area contributed by atoms with Crippen LogP contribution in [-0.4, -0.2) is 33.8 Å². The predicted molar refractivity (Wildman–Crippen MR) is 127 cm³/mol. The zero-order valence-electron chi connectivity index (χ0n) is 17.5. The molecule has 2 aromatic rings. The summed E-state index contributed by atoms with van der Waals surface area (Å²) in [5.74, 6) is 1.37. The number of amides is 1. The van der Waals surface area contributed by atoms with Crippen molar-refractivity contribution in [3.8, 4) is 17.2 Å². The molecule has 0 saturated carbocycles. The van der Waals surface area contributed by atoms with E-state index in [2.05, 4.69) is 0 Å². The average Bonchev–Trinajstić information content (AvgIpc) is 3.33. The van der Waals surface area contributed by atoms with Gasteiger partial charge in [0.25, 0.3) is 5.91 Å². The molecule has 0 saturated heterocycles. The molecular formula is C23H21Cl2NO4S. The standard InChI is InChI=1S/C23H21Cl2NO4S/c1-5-26-15-12-16(28-2)20(29-3)21(30-4)18(15)23(22(26)27)11-10-17(31-23)19(25)13-6-8-14(24)9-7-13/h6-12H,5H2,1-4H3/b19-17-. The Labute approximate surface area is 195 Å². The summed E-state index contributed by atoms with van der Waals surface area (Å²) in [5, 5.41) is 1.19. The lowest BCUT2D eigenvalue weighted by Gasteiger charge is -2.23. The number of fused-ring (bicyclic) bond motifs is 2. The predicted octanol–water partition coefficient (Wildman–Crippen LogP) is 5.84. The van der Waals surface area contributed by atoms with E-state index < -0.39 is 4.75 Å². The molecule has 0 aromatic heterocycles. The molecule has 2 heterocycles. The van der Waals surface area contributed by atoms with E-state index in [-0.39, 0.29) is 5.91 Å². The maximum absolute atomic E-state index is 13.7. The third kappa shape index (κ3) is 3.28. The Morgan fingerprint density at radius 2 is 1.77 bits per heavy atom. The van der Waals surface area contributed by atoms with E-state index in [1.165, 1.54) is 11.8 Å². The zero-order valence-corrected chi connectivity index (χ0v) is 19.8. The lowest BCUT2D eigenvalue weighted by atomic mass is 9.97. The van der Waals surface area contributed by atoms with Gasteiger partial charge in [0.1, 0.15) is 4.75 Å². The zero-order chi connectivity index (χ0) is 22.3. The number of methoxy groups -OCH3 is 3. The van der Waals surface area contributed by atoms with E-state index in [0.29, 0.717) is 33.8 Å².